The Hall–Kier alpha value is -2.63. The molecule has 0 radical (unpaired) electrons. The highest BCUT2D eigenvalue weighted by Crippen LogP contribution is 2.27. The maximum atomic E-state index is 13.0. The van der Waals surface area contributed by atoms with Crippen LogP contribution < -0.4 is 4.90 Å². The molecule has 1 aliphatic rings. The molecule has 3 rings (SSSR count). The number of carboxylic acids is 1. The molecule has 1 aliphatic heterocycles. The topological polar surface area (TPSA) is 73.7 Å². The minimum absolute atomic E-state index is 0.0705. The Kier molecular flexibility index (Phi) is 5.40. The van der Waals surface area contributed by atoms with Crippen LogP contribution in [-0.2, 0) is 4.79 Å². The Morgan fingerprint density at radius 1 is 1.31 bits per heavy atom. The molecule has 1 unspecified atom stereocenters. The van der Waals surface area contributed by atoms with E-state index in [1.807, 2.05) is 54.2 Å². The van der Waals surface area contributed by atoms with E-state index < -0.39 is 5.97 Å². The molecule has 0 aliphatic carbocycles. The van der Waals surface area contributed by atoms with Gasteiger partial charge in [-0.05, 0) is 37.3 Å². The summed E-state index contributed by atoms with van der Waals surface area (Å²) < 4.78 is 0. The van der Waals surface area contributed by atoms with Crippen molar-refractivity contribution in [2.24, 2.45) is 5.92 Å². The summed E-state index contributed by atoms with van der Waals surface area (Å²) >= 11 is 0. The quantitative estimate of drug-likeness (QED) is 0.892. The van der Waals surface area contributed by atoms with Gasteiger partial charge in [0.2, 0.25) is 0 Å². The number of carbonyl (C=O) groups is 2. The van der Waals surface area contributed by atoms with Gasteiger partial charge in [-0.3, -0.25) is 9.59 Å². The summed E-state index contributed by atoms with van der Waals surface area (Å²) in [6.45, 7) is 1.31. The van der Waals surface area contributed by atoms with E-state index in [1.165, 1.54) is 0 Å². The van der Waals surface area contributed by atoms with Crippen molar-refractivity contribution < 1.29 is 14.7 Å². The maximum absolute atomic E-state index is 13.0. The van der Waals surface area contributed by atoms with Gasteiger partial charge in [-0.15, -0.1) is 0 Å². The van der Waals surface area contributed by atoms with Crippen LogP contribution in [0.5, 0.6) is 0 Å². The molecule has 1 atom stereocenters. The summed E-state index contributed by atoms with van der Waals surface area (Å²) in [7, 11) is 3.91. The first-order valence-electron chi connectivity index (χ1n) is 9.04. The Morgan fingerprint density at radius 2 is 2.08 bits per heavy atom. The number of piperidine rings is 1. The molecule has 0 spiro atoms. The molecule has 2 heterocycles. The number of benzene rings is 1. The summed E-state index contributed by atoms with van der Waals surface area (Å²) in [6, 6.07) is 9.67. The van der Waals surface area contributed by atoms with Crippen molar-refractivity contribution in [3.05, 3.63) is 36.0 Å². The lowest BCUT2D eigenvalue weighted by Gasteiger charge is -2.32. The Labute approximate surface area is 153 Å². The number of aliphatic carboxylic acids is 1. The average Bonchev–Trinajstić information content (AvgIpc) is 2.65. The summed E-state index contributed by atoms with van der Waals surface area (Å²) in [4.78, 5) is 32.2. The van der Waals surface area contributed by atoms with Gasteiger partial charge in [0.25, 0.3) is 5.91 Å². The number of fused-ring (bicyclic) bond motifs is 1. The molecule has 0 bridgehead atoms. The third-order valence-electron chi connectivity index (χ3n) is 4.97. The molecule has 1 aromatic carbocycles. The maximum Gasteiger partial charge on any atom is 0.303 e. The number of aromatic nitrogens is 1. The van der Waals surface area contributed by atoms with Crippen LogP contribution in [0.4, 0.5) is 5.69 Å². The molecular weight excluding hydrogens is 330 g/mol. The zero-order valence-electron chi connectivity index (χ0n) is 15.3. The zero-order chi connectivity index (χ0) is 18.7. The van der Waals surface area contributed by atoms with E-state index in [0.29, 0.717) is 25.2 Å². The number of carboxylic acid groups (broad SMARTS) is 1. The standard InChI is InChI=1S/C20H25N3O3/c1-22(2)18-12-17(21-16-8-4-3-7-15(16)18)20(26)23-11-5-6-14(13-23)9-10-19(24)25/h3-4,7-8,12,14H,5-6,9-11,13H2,1-2H3,(H,24,25). The largest absolute Gasteiger partial charge is 0.481 e. The highest BCUT2D eigenvalue weighted by atomic mass is 16.4. The lowest BCUT2D eigenvalue weighted by Crippen LogP contribution is -2.40. The first kappa shape index (κ1) is 18.2. The van der Waals surface area contributed by atoms with E-state index in [4.69, 9.17) is 5.11 Å². The molecule has 2 aromatic rings. The van der Waals surface area contributed by atoms with Gasteiger partial charge in [-0.1, -0.05) is 18.2 Å². The van der Waals surface area contributed by atoms with Gasteiger partial charge in [0.15, 0.2) is 0 Å². The van der Waals surface area contributed by atoms with E-state index in [2.05, 4.69) is 4.98 Å². The number of carbonyl (C=O) groups excluding carboxylic acids is 1. The summed E-state index contributed by atoms with van der Waals surface area (Å²) in [5.41, 5.74) is 2.23. The molecule has 26 heavy (non-hydrogen) atoms. The molecule has 138 valence electrons. The number of rotatable bonds is 5. The van der Waals surface area contributed by atoms with E-state index >= 15 is 0 Å². The second kappa shape index (κ2) is 7.72. The van der Waals surface area contributed by atoms with Gasteiger partial charge in [0, 0.05) is 44.7 Å². The average molecular weight is 355 g/mol. The third kappa shape index (κ3) is 3.95. The Balaban J connectivity index is 1.84. The van der Waals surface area contributed by atoms with Crippen molar-refractivity contribution in [2.45, 2.75) is 25.7 Å². The Bertz CT molecular complexity index is 819. The number of hydrogen-bond donors (Lipinski definition) is 1. The summed E-state index contributed by atoms with van der Waals surface area (Å²) in [6.07, 6.45) is 2.66. The third-order valence-corrected chi connectivity index (χ3v) is 4.97. The van der Waals surface area contributed by atoms with Gasteiger partial charge in [-0.2, -0.15) is 0 Å². The van der Waals surface area contributed by atoms with Crippen molar-refractivity contribution in [1.29, 1.82) is 0 Å². The van der Waals surface area contributed by atoms with Crippen LogP contribution in [-0.4, -0.2) is 54.1 Å². The van der Waals surface area contributed by atoms with Gasteiger partial charge in [-0.25, -0.2) is 4.98 Å². The minimum Gasteiger partial charge on any atom is -0.481 e. The van der Waals surface area contributed by atoms with Gasteiger partial charge >= 0.3 is 5.97 Å². The second-order valence-corrected chi connectivity index (χ2v) is 7.13. The lowest BCUT2D eigenvalue weighted by atomic mass is 9.93. The van der Waals surface area contributed by atoms with Crippen LogP contribution in [0, 0.1) is 5.92 Å². The van der Waals surface area contributed by atoms with Crippen molar-refractivity contribution in [1.82, 2.24) is 9.88 Å². The molecule has 1 N–H and O–H groups in total. The predicted octanol–water partition coefficient (Wildman–Crippen LogP) is 3.02. The monoisotopic (exact) mass is 355 g/mol. The fraction of sp³-hybridized carbons (Fsp3) is 0.450. The second-order valence-electron chi connectivity index (χ2n) is 7.13. The van der Waals surface area contributed by atoms with Crippen LogP contribution in [0.25, 0.3) is 10.9 Å². The van der Waals surface area contributed by atoms with E-state index in [1.54, 1.807) is 0 Å². The highest BCUT2D eigenvalue weighted by molar-refractivity contribution is 6.00. The number of anilines is 1. The summed E-state index contributed by atoms with van der Waals surface area (Å²) in [5, 5.41) is 9.91. The van der Waals surface area contributed by atoms with Crippen molar-refractivity contribution in [3.8, 4) is 0 Å². The Morgan fingerprint density at radius 3 is 2.81 bits per heavy atom. The van der Waals surface area contributed by atoms with Crippen LogP contribution in [0.15, 0.2) is 30.3 Å². The van der Waals surface area contributed by atoms with Crippen LogP contribution in [0.2, 0.25) is 0 Å². The summed E-state index contributed by atoms with van der Waals surface area (Å²) in [5.74, 6) is -0.600. The molecule has 1 fully saturated rings. The lowest BCUT2D eigenvalue weighted by molar-refractivity contribution is -0.137. The zero-order valence-corrected chi connectivity index (χ0v) is 15.3. The fourth-order valence-electron chi connectivity index (χ4n) is 3.61. The number of amides is 1. The molecule has 6 heteroatoms. The van der Waals surface area contributed by atoms with Crippen LogP contribution in [0.3, 0.4) is 0 Å². The van der Waals surface area contributed by atoms with Crippen LogP contribution >= 0.6 is 0 Å². The minimum atomic E-state index is -0.778. The highest BCUT2D eigenvalue weighted by Gasteiger charge is 2.26. The normalized spacial score (nSPS) is 17.3. The smallest absolute Gasteiger partial charge is 0.303 e. The molecule has 1 aromatic heterocycles. The molecule has 6 nitrogen and oxygen atoms in total. The number of hydrogen-bond acceptors (Lipinski definition) is 4. The molecule has 1 amide bonds. The molecule has 0 saturated carbocycles. The first-order chi connectivity index (χ1) is 12.5. The van der Waals surface area contributed by atoms with Crippen molar-refractivity contribution in [3.63, 3.8) is 0 Å². The predicted molar refractivity (Wildman–Crippen MR) is 102 cm³/mol. The number of para-hydroxylation sites is 1. The van der Waals surface area contributed by atoms with Gasteiger partial charge in [0.1, 0.15) is 5.69 Å². The molecule has 1 saturated heterocycles. The van der Waals surface area contributed by atoms with Gasteiger partial charge < -0.3 is 14.9 Å². The fourth-order valence-corrected chi connectivity index (χ4v) is 3.61. The van der Waals surface area contributed by atoms with E-state index in [0.717, 1.165) is 29.4 Å². The molecular formula is C20H25N3O3. The van der Waals surface area contributed by atoms with Gasteiger partial charge in [0.05, 0.1) is 5.52 Å². The number of likely N-dealkylation sites (tertiary alicyclic amines) is 1. The van der Waals surface area contributed by atoms with E-state index in [-0.39, 0.29) is 18.2 Å². The first-order valence-corrected chi connectivity index (χ1v) is 9.04. The van der Waals surface area contributed by atoms with Crippen molar-refractivity contribution in [2.75, 3.05) is 32.1 Å². The number of pyridine rings is 1. The van der Waals surface area contributed by atoms with Crippen molar-refractivity contribution >= 4 is 28.5 Å². The van der Waals surface area contributed by atoms with Crippen LogP contribution in [0.1, 0.15) is 36.2 Å². The van der Waals surface area contributed by atoms with E-state index in [9.17, 15) is 9.59 Å². The number of nitrogens with zero attached hydrogens (tertiary/aromatic N) is 3. The SMILES string of the molecule is CN(C)c1cc(C(=O)N2CCCC(CCC(=O)O)C2)nc2ccccc12.